The summed E-state index contributed by atoms with van der Waals surface area (Å²) >= 11 is 0. The highest BCUT2D eigenvalue weighted by Gasteiger charge is 2.18. The number of aromatic nitrogens is 2. The molecule has 4 nitrogen and oxygen atoms in total. The molecule has 0 aliphatic heterocycles. The number of carbonyl (C=O) groups is 1. The predicted octanol–water partition coefficient (Wildman–Crippen LogP) is 2.78. The summed E-state index contributed by atoms with van der Waals surface area (Å²) in [6, 6.07) is 9.96. The SMILES string of the molecule is CCCN(Cc1ccccc1C)C(=O)c1ccnn1C. The zero-order valence-corrected chi connectivity index (χ0v) is 12.3. The minimum atomic E-state index is 0.0371. The molecular formula is C16H21N3O. The molecule has 0 N–H and O–H groups in total. The van der Waals surface area contributed by atoms with Gasteiger partial charge in [0.2, 0.25) is 0 Å². The minimum Gasteiger partial charge on any atom is -0.333 e. The van der Waals surface area contributed by atoms with Gasteiger partial charge in [-0.15, -0.1) is 0 Å². The van der Waals surface area contributed by atoms with Crippen LogP contribution in [-0.2, 0) is 13.6 Å². The Balaban J connectivity index is 2.21. The highest BCUT2D eigenvalue weighted by Crippen LogP contribution is 2.13. The molecular weight excluding hydrogens is 250 g/mol. The summed E-state index contributed by atoms with van der Waals surface area (Å²) in [5, 5.41) is 4.07. The van der Waals surface area contributed by atoms with Crippen LogP contribution in [0.25, 0.3) is 0 Å². The van der Waals surface area contributed by atoms with Crippen molar-refractivity contribution in [3.05, 3.63) is 53.3 Å². The summed E-state index contributed by atoms with van der Waals surface area (Å²) in [5.74, 6) is 0.0371. The lowest BCUT2D eigenvalue weighted by Gasteiger charge is -2.23. The molecule has 0 aliphatic carbocycles. The van der Waals surface area contributed by atoms with Crippen LogP contribution in [0.2, 0.25) is 0 Å². The van der Waals surface area contributed by atoms with Crippen LogP contribution in [-0.4, -0.2) is 27.1 Å². The van der Waals surface area contributed by atoms with E-state index in [-0.39, 0.29) is 5.91 Å². The second-order valence-corrected chi connectivity index (χ2v) is 4.99. The highest BCUT2D eigenvalue weighted by atomic mass is 16.2. The molecule has 0 radical (unpaired) electrons. The van der Waals surface area contributed by atoms with Gasteiger partial charge in [-0.05, 0) is 30.5 Å². The third-order valence-electron chi connectivity index (χ3n) is 3.44. The van der Waals surface area contributed by atoms with E-state index in [9.17, 15) is 4.79 Å². The number of aryl methyl sites for hydroxylation is 2. The van der Waals surface area contributed by atoms with E-state index in [1.54, 1.807) is 24.0 Å². The first kappa shape index (κ1) is 14.3. The molecule has 1 amide bonds. The largest absolute Gasteiger partial charge is 0.333 e. The van der Waals surface area contributed by atoms with Gasteiger partial charge in [0.05, 0.1) is 0 Å². The molecule has 2 rings (SSSR count). The van der Waals surface area contributed by atoms with Crippen LogP contribution in [0.3, 0.4) is 0 Å². The molecule has 1 heterocycles. The highest BCUT2D eigenvalue weighted by molar-refractivity contribution is 5.92. The van der Waals surface area contributed by atoms with Crippen molar-refractivity contribution in [2.24, 2.45) is 7.05 Å². The third kappa shape index (κ3) is 3.07. The molecule has 0 bridgehead atoms. The van der Waals surface area contributed by atoms with Crippen molar-refractivity contribution >= 4 is 5.91 Å². The lowest BCUT2D eigenvalue weighted by Crippen LogP contribution is -2.32. The van der Waals surface area contributed by atoms with Crippen LogP contribution in [0.4, 0.5) is 0 Å². The summed E-state index contributed by atoms with van der Waals surface area (Å²) < 4.78 is 1.63. The topological polar surface area (TPSA) is 38.1 Å². The molecule has 2 aromatic rings. The Labute approximate surface area is 120 Å². The maximum Gasteiger partial charge on any atom is 0.272 e. The average Bonchev–Trinajstić information content (AvgIpc) is 2.86. The molecule has 20 heavy (non-hydrogen) atoms. The normalized spacial score (nSPS) is 10.6. The van der Waals surface area contributed by atoms with Crippen LogP contribution >= 0.6 is 0 Å². The van der Waals surface area contributed by atoms with E-state index < -0.39 is 0 Å². The molecule has 1 aromatic heterocycles. The fourth-order valence-electron chi connectivity index (χ4n) is 2.26. The predicted molar refractivity (Wildman–Crippen MR) is 79.4 cm³/mol. The first-order chi connectivity index (χ1) is 9.63. The molecule has 0 spiro atoms. The van der Waals surface area contributed by atoms with Crippen molar-refractivity contribution in [2.75, 3.05) is 6.54 Å². The number of amides is 1. The van der Waals surface area contributed by atoms with Crippen molar-refractivity contribution in [3.63, 3.8) is 0 Å². The van der Waals surface area contributed by atoms with Crippen LogP contribution in [0.15, 0.2) is 36.5 Å². The summed E-state index contributed by atoms with van der Waals surface area (Å²) in [6.07, 6.45) is 2.60. The number of hydrogen-bond donors (Lipinski definition) is 0. The molecule has 106 valence electrons. The van der Waals surface area contributed by atoms with E-state index in [2.05, 4.69) is 31.1 Å². The van der Waals surface area contributed by atoms with Crippen LogP contribution in [0.1, 0.15) is 35.0 Å². The standard InChI is InChI=1S/C16H21N3O/c1-4-11-19(12-14-8-6-5-7-13(14)2)16(20)15-9-10-17-18(15)3/h5-10H,4,11-12H2,1-3H3. The average molecular weight is 271 g/mol. The quantitative estimate of drug-likeness (QED) is 0.838. The van der Waals surface area contributed by atoms with Gasteiger partial charge in [-0.1, -0.05) is 31.2 Å². The van der Waals surface area contributed by atoms with E-state index >= 15 is 0 Å². The van der Waals surface area contributed by atoms with Gasteiger partial charge in [0.15, 0.2) is 0 Å². The zero-order valence-electron chi connectivity index (χ0n) is 12.3. The lowest BCUT2D eigenvalue weighted by atomic mass is 10.1. The summed E-state index contributed by atoms with van der Waals surface area (Å²) in [7, 11) is 1.80. The summed E-state index contributed by atoms with van der Waals surface area (Å²) in [5.41, 5.74) is 3.04. The van der Waals surface area contributed by atoms with Crippen LogP contribution < -0.4 is 0 Å². The molecule has 0 atom stereocenters. The van der Waals surface area contributed by atoms with E-state index in [1.807, 2.05) is 17.0 Å². The summed E-state index contributed by atoms with van der Waals surface area (Å²) in [6.45, 7) is 5.55. The molecule has 4 heteroatoms. The Bertz CT molecular complexity index is 589. The fraction of sp³-hybridized carbons (Fsp3) is 0.375. The maximum atomic E-state index is 12.6. The van der Waals surface area contributed by atoms with E-state index in [1.165, 1.54) is 11.1 Å². The Morgan fingerprint density at radius 1 is 1.30 bits per heavy atom. The van der Waals surface area contributed by atoms with Crippen molar-refractivity contribution in [1.82, 2.24) is 14.7 Å². The number of nitrogens with zero attached hydrogens (tertiary/aromatic N) is 3. The van der Waals surface area contributed by atoms with Gasteiger partial charge >= 0.3 is 0 Å². The Morgan fingerprint density at radius 3 is 2.65 bits per heavy atom. The minimum absolute atomic E-state index is 0.0371. The molecule has 1 aromatic carbocycles. The molecule has 0 fully saturated rings. The van der Waals surface area contributed by atoms with Gasteiger partial charge in [0.1, 0.15) is 5.69 Å². The molecule has 0 saturated carbocycles. The van der Waals surface area contributed by atoms with Gasteiger partial charge < -0.3 is 4.90 Å². The Kier molecular flexibility index (Phi) is 4.56. The number of carbonyl (C=O) groups excluding carboxylic acids is 1. The van der Waals surface area contributed by atoms with Crippen molar-refractivity contribution in [1.29, 1.82) is 0 Å². The third-order valence-corrected chi connectivity index (χ3v) is 3.44. The van der Waals surface area contributed by atoms with Crippen LogP contribution in [0.5, 0.6) is 0 Å². The number of rotatable bonds is 5. The smallest absolute Gasteiger partial charge is 0.272 e. The monoisotopic (exact) mass is 271 g/mol. The summed E-state index contributed by atoms with van der Waals surface area (Å²) in [4.78, 5) is 14.5. The molecule has 0 saturated heterocycles. The first-order valence-corrected chi connectivity index (χ1v) is 6.95. The van der Waals surface area contributed by atoms with Crippen molar-refractivity contribution in [2.45, 2.75) is 26.8 Å². The fourth-order valence-corrected chi connectivity index (χ4v) is 2.26. The van der Waals surface area contributed by atoms with E-state index in [4.69, 9.17) is 0 Å². The zero-order chi connectivity index (χ0) is 14.5. The van der Waals surface area contributed by atoms with Gasteiger partial charge in [-0.2, -0.15) is 5.10 Å². The maximum absolute atomic E-state index is 12.6. The van der Waals surface area contributed by atoms with Crippen LogP contribution in [0, 0.1) is 6.92 Å². The number of benzene rings is 1. The van der Waals surface area contributed by atoms with Gasteiger partial charge in [0.25, 0.3) is 5.91 Å². The second-order valence-electron chi connectivity index (χ2n) is 4.99. The van der Waals surface area contributed by atoms with E-state index in [0.29, 0.717) is 12.2 Å². The van der Waals surface area contributed by atoms with Gasteiger partial charge in [-0.3, -0.25) is 9.48 Å². The van der Waals surface area contributed by atoms with Crippen molar-refractivity contribution in [3.8, 4) is 0 Å². The molecule has 0 aliphatic rings. The van der Waals surface area contributed by atoms with Crippen molar-refractivity contribution < 1.29 is 4.79 Å². The van der Waals surface area contributed by atoms with Gasteiger partial charge in [0, 0.05) is 26.3 Å². The Hall–Kier alpha value is -2.10. The first-order valence-electron chi connectivity index (χ1n) is 6.95. The Morgan fingerprint density at radius 2 is 2.05 bits per heavy atom. The number of hydrogen-bond acceptors (Lipinski definition) is 2. The molecule has 0 unspecified atom stereocenters. The lowest BCUT2D eigenvalue weighted by molar-refractivity contribution is 0.0732. The van der Waals surface area contributed by atoms with E-state index in [0.717, 1.165) is 13.0 Å². The van der Waals surface area contributed by atoms with Gasteiger partial charge in [-0.25, -0.2) is 0 Å². The second kappa shape index (κ2) is 6.37.